The average molecular weight is 541 g/mol. The highest BCUT2D eigenvalue weighted by Gasteiger charge is 2.29. The topological polar surface area (TPSA) is 101 Å². The summed E-state index contributed by atoms with van der Waals surface area (Å²) in [5.41, 5.74) is 2.84. The van der Waals surface area contributed by atoms with Crippen molar-refractivity contribution in [3.63, 3.8) is 0 Å². The number of carboxylic acid groups (broad SMARTS) is 1. The van der Waals surface area contributed by atoms with Gasteiger partial charge in [-0.2, -0.15) is 0 Å². The van der Waals surface area contributed by atoms with Crippen molar-refractivity contribution in [3.05, 3.63) is 71.4 Å². The molecule has 39 heavy (non-hydrogen) atoms. The third-order valence-electron chi connectivity index (χ3n) is 7.12. The third-order valence-corrected chi connectivity index (χ3v) is 7.12. The molecule has 6 nitrogen and oxygen atoms in total. The van der Waals surface area contributed by atoms with Crippen LogP contribution in [0.15, 0.2) is 71.4 Å². The monoisotopic (exact) mass is 540 g/mol. The number of esters is 1. The van der Waals surface area contributed by atoms with Gasteiger partial charge in [0.05, 0.1) is 6.10 Å². The van der Waals surface area contributed by atoms with Gasteiger partial charge in [-0.25, -0.2) is 9.59 Å². The van der Waals surface area contributed by atoms with E-state index in [-0.39, 0.29) is 35.6 Å². The number of carbonyl (C=O) groups excluding carboxylic acids is 2. The summed E-state index contributed by atoms with van der Waals surface area (Å²) in [6.07, 6.45) is 17.8. The minimum Gasteiger partial charge on any atom is -0.478 e. The Bertz CT molecular complexity index is 1020. The van der Waals surface area contributed by atoms with E-state index in [0.717, 1.165) is 24.5 Å². The van der Waals surface area contributed by atoms with Crippen molar-refractivity contribution < 1.29 is 29.3 Å². The SMILES string of the molecule is CCC(=C/C(C)C/C=C/C(C)=C/C(C)C(=O)C(C)C(O)C(C)C/C(C)=C/C(=O)O)/C=C/C1OC(=O)C=CC1C. The van der Waals surface area contributed by atoms with E-state index < -0.39 is 18.0 Å². The van der Waals surface area contributed by atoms with E-state index in [0.29, 0.717) is 17.9 Å². The Balaban J connectivity index is 2.69. The zero-order chi connectivity index (χ0) is 29.7. The van der Waals surface area contributed by atoms with E-state index >= 15 is 0 Å². The fourth-order valence-electron chi connectivity index (χ4n) is 4.75. The Morgan fingerprint density at radius 1 is 1.10 bits per heavy atom. The summed E-state index contributed by atoms with van der Waals surface area (Å²) < 4.78 is 5.39. The first-order valence-corrected chi connectivity index (χ1v) is 14.0. The highest BCUT2D eigenvalue weighted by atomic mass is 16.5. The van der Waals surface area contributed by atoms with Crippen LogP contribution in [0.25, 0.3) is 0 Å². The summed E-state index contributed by atoms with van der Waals surface area (Å²) in [5.74, 6) is -2.01. The molecule has 0 saturated carbocycles. The molecule has 216 valence electrons. The van der Waals surface area contributed by atoms with Gasteiger partial charge >= 0.3 is 11.9 Å². The second kappa shape index (κ2) is 16.9. The maximum absolute atomic E-state index is 13.0. The van der Waals surface area contributed by atoms with E-state index in [4.69, 9.17) is 9.84 Å². The number of ketones is 1. The van der Waals surface area contributed by atoms with Crippen molar-refractivity contribution in [3.8, 4) is 0 Å². The molecule has 7 unspecified atom stereocenters. The summed E-state index contributed by atoms with van der Waals surface area (Å²) >= 11 is 0. The molecule has 6 heteroatoms. The molecule has 1 aliphatic heterocycles. The van der Waals surface area contributed by atoms with E-state index in [9.17, 15) is 19.5 Å². The third kappa shape index (κ3) is 12.6. The first-order valence-electron chi connectivity index (χ1n) is 14.0. The van der Waals surface area contributed by atoms with E-state index in [2.05, 4.69) is 26.0 Å². The first kappa shape index (κ1) is 34.0. The van der Waals surface area contributed by atoms with Gasteiger partial charge in [-0.15, -0.1) is 0 Å². The van der Waals surface area contributed by atoms with Crippen molar-refractivity contribution in [2.45, 2.75) is 86.9 Å². The lowest BCUT2D eigenvalue weighted by molar-refractivity contribution is -0.143. The number of rotatable bonds is 15. The van der Waals surface area contributed by atoms with Gasteiger partial charge in [-0.3, -0.25) is 4.79 Å². The standard InChI is InChI=1S/C33H48O6/c1-9-28(14-15-29-24(5)13-16-31(36)39-29)19-22(3)12-10-11-21(2)17-25(6)32(37)27(8)33(38)26(7)18-23(4)20-30(34)35/h10-11,13-17,19-20,22,24-27,29,33,38H,9,12,18H2,1-8H3,(H,34,35)/b11-10+,15-14+,21-17+,23-20+,28-19-. The van der Waals surface area contributed by atoms with Crippen molar-refractivity contribution in [1.82, 2.24) is 0 Å². The van der Waals surface area contributed by atoms with Gasteiger partial charge in [-0.1, -0.05) is 94.7 Å². The van der Waals surface area contributed by atoms with Gasteiger partial charge in [0, 0.05) is 29.9 Å². The molecule has 0 fully saturated rings. The summed E-state index contributed by atoms with van der Waals surface area (Å²) in [7, 11) is 0. The lowest BCUT2D eigenvalue weighted by Gasteiger charge is -2.25. The van der Waals surface area contributed by atoms with Crippen molar-refractivity contribution in [2.75, 3.05) is 0 Å². The molecule has 1 rings (SSSR count). The molecule has 0 aromatic heterocycles. The molecule has 0 aromatic rings. The van der Waals surface area contributed by atoms with Crippen LogP contribution in [0, 0.1) is 29.6 Å². The van der Waals surface area contributed by atoms with Crippen LogP contribution < -0.4 is 0 Å². The quantitative estimate of drug-likeness (QED) is 0.135. The normalized spacial score (nSPS) is 23.0. The van der Waals surface area contributed by atoms with Crippen LogP contribution in [0.1, 0.15) is 74.7 Å². The van der Waals surface area contributed by atoms with Crippen LogP contribution >= 0.6 is 0 Å². The molecular formula is C33H48O6. The summed E-state index contributed by atoms with van der Waals surface area (Å²) in [6.45, 7) is 15.4. The van der Waals surface area contributed by atoms with E-state index in [1.807, 2.05) is 58.1 Å². The number of carboxylic acids is 1. The molecule has 7 atom stereocenters. The fraction of sp³-hybridized carbons (Fsp3) is 0.545. The van der Waals surface area contributed by atoms with Crippen LogP contribution in [0.3, 0.4) is 0 Å². The number of ether oxygens (including phenoxy) is 1. The summed E-state index contributed by atoms with van der Waals surface area (Å²) in [4.78, 5) is 35.3. The number of allylic oxidation sites excluding steroid dienone is 8. The predicted molar refractivity (Wildman–Crippen MR) is 157 cm³/mol. The molecule has 0 aromatic carbocycles. The fourth-order valence-corrected chi connectivity index (χ4v) is 4.75. The molecule has 0 saturated heterocycles. The van der Waals surface area contributed by atoms with Gasteiger partial charge in [0.2, 0.25) is 0 Å². The molecule has 0 bridgehead atoms. The Hall–Kier alpha value is -2.99. The molecule has 0 aliphatic carbocycles. The van der Waals surface area contributed by atoms with E-state index in [1.165, 1.54) is 11.6 Å². The predicted octanol–water partition coefficient (Wildman–Crippen LogP) is 6.78. The van der Waals surface area contributed by atoms with Gasteiger partial charge in [-0.05, 0) is 51.0 Å². The second-order valence-corrected chi connectivity index (χ2v) is 11.1. The molecule has 0 radical (unpaired) electrons. The van der Waals surface area contributed by atoms with Crippen LogP contribution in [-0.4, -0.2) is 40.1 Å². The van der Waals surface area contributed by atoms with Gasteiger partial charge in [0.1, 0.15) is 11.9 Å². The summed E-state index contributed by atoms with van der Waals surface area (Å²) in [5, 5.41) is 19.6. The van der Waals surface area contributed by atoms with Gasteiger partial charge < -0.3 is 14.9 Å². The largest absolute Gasteiger partial charge is 0.478 e. The Labute approximate surface area is 234 Å². The van der Waals surface area contributed by atoms with Crippen LogP contribution in [0.4, 0.5) is 0 Å². The number of hydrogen-bond acceptors (Lipinski definition) is 5. The Morgan fingerprint density at radius 2 is 1.77 bits per heavy atom. The molecular weight excluding hydrogens is 492 g/mol. The molecule has 2 N–H and O–H groups in total. The smallest absolute Gasteiger partial charge is 0.331 e. The van der Waals surface area contributed by atoms with Crippen LogP contribution in [-0.2, 0) is 19.1 Å². The lowest BCUT2D eigenvalue weighted by Crippen LogP contribution is -2.34. The summed E-state index contributed by atoms with van der Waals surface area (Å²) in [6, 6.07) is 0. The van der Waals surface area contributed by atoms with Gasteiger partial charge in [0.25, 0.3) is 0 Å². The van der Waals surface area contributed by atoms with Crippen molar-refractivity contribution >= 4 is 17.7 Å². The number of aliphatic hydroxyl groups is 1. The van der Waals surface area contributed by atoms with Crippen LogP contribution in [0.2, 0.25) is 0 Å². The zero-order valence-electron chi connectivity index (χ0n) is 24.9. The number of hydrogen-bond donors (Lipinski definition) is 2. The number of cyclic esters (lactones) is 1. The number of Topliss-reactive ketones (excluding diaryl/α,β-unsaturated/α-hetero) is 1. The molecule has 0 amide bonds. The maximum Gasteiger partial charge on any atom is 0.331 e. The molecule has 1 aliphatic rings. The first-order chi connectivity index (χ1) is 18.2. The Morgan fingerprint density at radius 3 is 2.38 bits per heavy atom. The minimum atomic E-state index is -1.01. The Kier molecular flexibility index (Phi) is 14.7. The van der Waals surface area contributed by atoms with Gasteiger partial charge in [0.15, 0.2) is 0 Å². The highest BCUT2D eigenvalue weighted by molar-refractivity contribution is 5.85. The second-order valence-electron chi connectivity index (χ2n) is 11.1. The number of carbonyl (C=O) groups is 3. The minimum absolute atomic E-state index is 0.0360. The zero-order valence-corrected chi connectivity index (χ0v) is 24.9. The van der Waals surface area contributed by atoms with E-state index in [1.54, 1.807) is 13.8 Å². The number of aliphatic hydroxyl groups excluding tert-OH is 1. The maximum atomic E-state index is 13.0. The molecule has 0 spiro atoms. The van der Waals surface area contributed by atoms with Crippen LogP contribution in [0.5, 0.6) is 0 Å². The highest BCUT2D eigenvalue weighted by Crippen LogP contribution is 2.24. The molecule has 1 heterocycles. The number of aliphatic carboxylic acids is 1. The van der Waals surface area contributed by atoms with Crippen molar-refractivity contribution in [2.24, 2.45) is 29.6 Å². The van der Waals surface area contributed by atoms with Crippen molar-refractivity contribution in [1.29, 1.82) is 0 Å². The average Bonchev–Trinajstić information content (AvgIpc) is 2.86. The lowest BCUT2D eigenvalue weighted by atomic mass is 9.83.